The summed E-state index contributed by atoms with van der Waals surface area (Å²) in [5.41, 5.74) is 0. The summed E-state index contributed by atoms with van der Waals surface area (Å²) in [4.78, 5) is 6.90. The van der Waals surface area contributed by atoms with Crippen molar-refractivity contribution in [3.8, 4) is 0 Å². The summed E-state index contributed by atoms with van der Waals surface area (Å²) in [6.45, 7) is 9.15. The van der Waals surface area contributed by atoms with Crippen molar-refractivity contribution in [3.05, 3.63) is 5.82 Å². The molecule has 0 saturated carbocycles. The molecule has 2 rings (SSSR count). The van der Waals surface area contributed by atoms with Gasteiger partial charge in [0.15, 0.2) is 0 Å². The van der Waals surface area contributed by atoms with Gasteiger partial charge in [0.2, 0.25) is 5.13 Å². The Morgan fingerprint density at radius 1 is 1.33 bits per heavy atom. The van der Waals surface area contributed by atoms with Crippen LogP contribution in [-0.4, -0.2) is 40.4 Å². The average molecular weight is 268 g/mol. The van der Waals surface area contributed by atoms with Crippen LogP contribution in [0.1, 0.15) is 38.4 Å². The van der Waals surface area contributed by atoms with Crippen LogP contribution in [0.2, 0.25) is 0 Å². The highest BCUT2D eigenvalue weighted by molar-refractivity contribution is 7.09. The largest absolute Gasteiger partial charge is 0.360 e. The second kappa shape index (κ2) is 7.04. The average Bonchev–Trinajstić information content (AvgIpc) is 2.77. The van der Waals surface area contributed by atoms with Gasteiger partial charge in [-0.3, -0.25) is 0 Å². The van der Waals surface area contributed by atoms with Gasteiger partial charge in [0, 0.05) is 18.1 Å². The Morgan fingerprint density at radius 3 is 2.78 bits per heavy atom. The topological polar surface area (TPSA) is 41.1 Å². The standard InChI is InChI=1S/C13H24N4S/c1-11-5-9-17(10-6-11)8-4-3-7-14-13-15-12(2)16-18-13/h11H,3-10H2,1-2H3,(H,14,15,16). The van der Waals surface area contributed by atoms with E-state index in [9.17, 15) is 0 Å². The van der Waals surface area contributed by atoms with Crippen molar-refractivity contribution in [2.24, 2.45) is 5.92 Å². The molecule has 1 fully saturated rings. The minimum atomic E-state index is 0.866. The predicted octanol–water partition coefficient (Wildman–Crippen LogP) is 2.77. The normalized spacial score (nSPS) is 18.1. The summed E-state index contributed by atoms with van der Waals surface area (Å²) in [6, 6.07) is 0. The highest BCUT2D eigenvalue weighted by atomic mass is 32.1. The van der Waals surface area contributed by atoms with Gasteiger partial charge < -0.3 is 10.2 Å². The molecular formula is C13H24N4S. The first-order valence-corrected chi connectivity index (χ1v) is 7.78. The molecule has 0 bridgehead atoms. The highest BCUT2D eigenvalue weighted by Crippen LogP contribution is 2.16. The Kier molecular flexibility index (Phi) is 5.38. The van der Waals surface area contributed by atoms with Crippen LogP contribution in [-0.2, 0) is 0 Å². The summed E-state index contributed by atoms with van der Waals surface area (Å²) in [7, 11) is 0. The van der Waals surface area contributed by atoms with Gasteiger partial charge in [-0.15, -0.1) is 0 Å². The van der Waals surface area contributed by atoms with E-state index in [-0.39, 0.29) is 0 Å². The number of rotatable bonds is 6. The number of hydrogen-bond acceptors (Lipinski definition) is 5. The molecule has 1 saturated heterocycles. The van der Waals surface area contributed by atoms with E-state index in [1.807, 2.05) is 6.92 Å². The van der Waals surface area contributed by atoms with Crippen molar-refractivity contribution in [2.45, 2.75) is 39.5 Å². The van der Waals surface area contributed by atoms with E-state index >= 15 is 0 Å². The molecule has 1 aliphatic heterocycles. The summed E-state index contributed by atoms with van der Waals surface area (Å²) in [5, 5.41) is 4.29. The van der Waals surface area contributed by atoms with Gasteiger partial charge >= 0.3 is 0 Å². The maximum absolute atomic E-state index is 4.29. The fraction of sp³-hybridized carbons (Fsp3) is 0.846. The van der Waals surface area contributed by atoms with Crippen LogP contribution in [0.5, 0.6) is 0 Å². The van der Waals surface area contributed by atoms with Crippen LogP contribution < -0.4 is 5.32 Å². The zero-order chi connectivity index (χ0) is 12.8. The first kappa shape index (κ1) is 13.7. The first-order valence-electron chi connectivity index (χ1n) is 7.00. The summed E-state index contributed by atoms with van der Waals surface area (Å²) < 4.78 is 4.16. The van der Waals surface area contributed by atoms with E-state index in [1.54, 1.807) is 0 Å². The number of nitrogens with one attached hydrogen (secondary N) is 1. The van der Waals surface area contributed by atoms with E-state index in [1.165, 1.54) is 56.9 Å². The van der Waals surface area contributed by atoms with Gasteiger partial charge in [0.25, 0.3) is 0 Å². The molecule has 5 heteroatoms. The van der Waals surface area contributed by atoms with Crippen LogP contribution in [0.3, 0.4) is 0 Å². The summed E-state index contributed by atoms with van der Waals surface area (Å²) in [5.74, 6) is 1.80. The third-order valence-corrected chi connectivity index (χ3v) is 4.35. The van der Waals surface area contributed by atoms with Crippen molar-refractivity contribution in [2.75, 3.05) is 31.5 Å². The zero-order valence-electron chi connectivity index (χ0n) is 11.5. The molecule has 0 amide bonds. The summed E-state index contributed by atoms with van der Waals surface area (Å²) >= 11 is 1.45. The Bertz CT molecular complexity index is 345. The first-order chi connectivity index (χ1) is 8.74. The highest BCUT2D eigenvalue weighted by Gasteiger charge is 2.14. The van der Waals surface area contributed by atoms with Crippen LogP contribution in [0.25, 0.3) is 0 Å². The predicted molar refractivity (Wildman–Crippen MR) is 77.2 cm³/mol. The van der Waals surface area contributed by atoms with Gasteiger partial charge in [-0.2, -0.15) is 4.37 Å². The molecule has 1 aromatic rings. The van der Waals surface area contributed by atoms with Crippen LogP contribution in [0.4, 0.5) is 5.13 Å². The third kappa shape index (κ3) is 4.53. The minimum absolute atomic E-state index is 0.866. The van der Waals surface area contributed by atoms with Crippen molar-refractivity contribution in [1.29, 1.82) is 0 Å². The van der Waals surface area contributed by atoms with Gasteiger partial charge in [-0.1, -0.05) is 6.92 Å². The van der Waals surface area contributed by atoms with Crippen molar-refractivity contribution in [3.63, 3.8) is 0 Å². The molecule has 0 spiro atoms. The zero-order valence-corrected chi connectivity index (χ0v) is 12.3. The van der Waals surface area contributed by atoms with E-state index in [0.717, 1.165) is 23.4 Å². The van der Waals surface area contributed by atoms with Crippen LogP contribution >= 0.6 is 11.5 Å². The maximum Gasteiger partial charge on any atom is 0.202 e. The van der Waals surface area contributed by atoms with Gasteiger partial charge in [-0.05, 0) is 58.2 Å². The number of aromatic nitrogens is 2. The van der Waals surface area contributed by atoms with Gasteiger partial charge in [-0.25, -0.2) is 4.98 Å². The number of nitrogens with zero attached hydrogens (tertiary/aromatic N) is 3. The van der Waals surface area contributed by atoms with Crippen molar-refractivity contribution in [1.82, 2.24) is 14.3 Å². The molecule has 0 aliphatic carbocycles. The molecule has 2 heterocycles. The summed E-state index contributed by atoms with van der Waals surface area (Å²) in [6.07, 6.45) is 5.24. The molecule has 102 valence electrons. The van der Waals surface area contributed by atoms with Gasteiger partial charge in [0.1, 0.15) is 5.82 Å². The van der Waals surface area contributed by atoms with E-state index in [0.29, 0.717) is 0 Å². The molecule has 0 unspecified atom stereocenters. The number of hydrogen-bond donors (Lipinski definition) is 1. The monoisotopic (exact) mass is 268 g/mol. The lowest BCUT2D eigenvalue weighted by atomic mass is 9.99. The molecule has 0 aromatic carbocycles. The Hall–Kier alpha value is -0.680. The van der Waals surface area contributed by atoms with E-state index < -0.39 is 0 Å². The number of likely N-dealkylation sites (tertiary alicyclic amines) is 1. The van der Waals surface area contributed by atoms with Crippen molar-refractivity contribution >= 4 is 16.7 Å². The molecule has 18 heavy (non-hydrogen) atoms. The van der Waals surface area contributed by atoms with Crippen LogP contribution in [0, 0.1) is 12.8 Å². The quantitative estimate of drug-likeness (QED) is 0.806. The number of unbranched alkanes of at least 4 members (excludes halogenated alkanes) is 1. The van der Waals surface area contributed by atoms with E-state index in [4.69, 9.17) is 0 Å². The lowest BCUT2D eigenvalue weighted by Gasteiger charge is -2.30. The fourth-order valence-corrected chi connectivity index (χ4v) is 2.91. The smallest absolute Gasteiger partial charge is 0.202 e. The molecule has 4 nitrogen and oxygen atoms in total. The second-order valence-corrected chi connectivity index (χ2v) is 6.06. The third-order valence-electron chi connectivity index (χ3n) is 3.58. The molecule has 1 aromatic heterocycles. The molecule has 0 atom stereocenters. The Morgan fingerprint density at radius 2 is 2.11 bits per heavy atom. The number of aryl methyl sites for hydroxylation is 1. The molecule has 0 radical (unpaired) electrons. The SMILES string of the molecule is Cc1nsc(NCCCCN2CCC(C)CC2)n1. The van der Waals surface area contributed by atoms with E-state index in [2.05, 4.69) is 26.5 Å². The second-order valence-electron chi connectivity index (χ2n) is 5.30. The Balaban J connectivity index is 1.51. The van der Waals surface area contributed by atoms with Crippen molar-refractivity contribution < 1.29 is 0 Å². The Labute approximate surface area is 114 Å². The fourth-order valence-electron chi connectivity index (χ4n) is 2.31. The van der Waals surface area contributed by atoms with Gasteiger partial charge in [0.05, 0.1) is 0 Å². The van der Waals surface area contributed by atoms with Crippen LogP contribution in [0.15, 0.2) is 0 Å². The lowest BCUT2D eigenvalue weighted by Crippen LogP contribution is -2.33. The number of anilines is 1. The molecule has 1 aliphatic rings. The number of piperidine rings is 1. The minimum Gasteiger partial charge on any atom is -0.360 e. The maximum atomic E-state index is 4.29. The lowest BCUT2D eigenvalue weighted by molar-refractivity contribution is 0.190. The molecular weight excluding hydrogens is 244 g/mol. The molecule has 1 N–H and O–H groups in total.